The van der Waals surface area contributed by atoms with Gasteiger partial charge in [0.25, 0.3) is 0 Å². The predicted octanol–water partition coefficient (Wildman–Crippen LogP) is 3.23. The van der Waals surface area contributed by atoms with Crippen LogP contribution in [0.2, 0.25) is 0 Å². The van der Waals surface area contributed by atoms with Gasteiger partial charge in [-0.05, 0) is 30.4 Å². The number of benzene rings is 1. The number of aliphatic hydroxyl groups excluding tert-OH is 1. The van der Waals surface area contributed by atoms with E-state index in [1.807, 2.05) is 18.2 Å². The van der Waals surface area contributed by atoms with E-state index in [0.717, 1.165) is 56.6 Å². The molecule has 0 radical (unpaired) electrons. The van der Waals surface area contributed by atoms with Crippen LogP contribution in [0.25, 0.3) is 0 Å². The Kier molecular flexibility index (Phi) is 7.88. The highest BCUT2D eigenvalue weighted by Crippen LogP contribution is 2.26. The van der Waals surface area contributed by atoms with Crippen molar-refractivity contribution in [2.75, 3.05) is 26.4 Å². The van der Waals surface area contributed by atoms with Gasteiger partial charge < -0.3 is 19.3 Å². The first-order chi connectivity index (χ1) is 10.8. The van der Waals surface area contributed by atoms with E-state index in [9.17, 15) is 5.11 Å². The Balaban J connectivity index is 1.97. The van der Waals surface area contributed by atoms with Gasteiger partial charge in [-0.3, -0.25) is 0 Å². The molecule has 1 heterocycles. The van der Waals surface area contributed by atoms with Crippen molar-refractivity contribution in [1.29, 1.82) is 0 Å². The fourth-order valence-electron chi connectivity index (χ4n) is 2.67. The minimum atomic E-state index is -0.283. The molecule has 0 aliphatic carbocycles. The molecule has 1 aromatic carbocycles. The Morgan fingerprint density at radius 2 is 2.05 bits per heavy atom. The molecule has 4 heteroatoms. The Morgan fingerprint density at radius 3 is 2.77 bits per heavy atom. The van der Waals surface area contributed by atoms with Gasteiger partial charge in [0.15, 0.2) is 0 Å². The highest BCUT2D eigenvalue weighted by molar-refractivity contribution is 5.28. The van der Waals surface area contributed by atoms with Gasteiger partial charge in [-0.25, -0.2) is 0 Å². The first-order valence-corrected chi connectivity index (χ1v) is 8.34. The quantitative estimate of drug-likeness (QED) is 0.712. The van der Waals surface area contributed by atoms with Crippen LogP contribution in [0.4, 0.5) is 0 Å². The van der Waals surface area contributed by atoms with Crippen LogP contribution in [0.5, 0.6) is 0 Å². The summed E-state index contributed by atoms with van der Waals surface area (Å²) in [6.45, 7) is 4.97. The highest BCUT2D eigenvalue weighted by Gasteiger charge is 2.22. The molecule has 1 aromatic rings. The lowest BCUT2D eigenvalue weighted by atomic mass is 10.0. The van der Waals surface area contributed by atoms with Crippen molar-refractivity contribution in [3.05, 3.63) is 35.4 Å². The molecule has 1 atom stereocenters. The Labute approximate surface area is 133 Å². The zero-order valence-electron chi connectivity index (χ0n) is 13.5. The molecule has 0 spiro atoms. The maximum Gasteiger partial charge on any atom is 0.106 e. The number of hydrogen-bond donors (Lipinski definition) is 1. The molecule has 0 unspecified atom stereocenters. The van der Waals surface area contributed by atoms with E-state index in [-0.39, 0.29) is 18.8 Å². The van der Waals surface area contributed by atoms with Crippen LogP contribution in [0.3, 0.4) is 0 Å². The zero-order valence-corrected chi connectivity index (χ0v) is 13.5. The summed E-state index contributed by atoms with van der Waals surface area (Å²) in [6.07, 6.45) is 3.88. The van der Waals surface area contributed by atoms with E-state index in [2.05, 4.69) is 13.0 Å². The third kappa shape index (κ3) is 5.36. The van der Waals surface area contributed by atoms with E-state index < -0.39 is 0 Å². The van der Waals surface area contributed by atoms with E-state index in [1.165, 1.54) is 0 Å². The molecule has 0 aromatic heterocycles. The largest absolute Gasteiger partial charge is 0.393 e. The van der Waals surface area contributed by atoms with E-state index in [1.54, 1.807) is 0 Å². The molecule has 1 aliphatic heterocycles. The average molecular weight is 308 g/mol. The molecular weight excluding hydrogens is 280 g/mol. The van der Waals surface area contributed by atoms with Gasteiger partial charge in [0, 0.05) is 19.8 Å². The van der Waals surface area contributed by atoms with Gasteiger partial charge in [0.1, 0.15) is 6.10 Å². The standard InChI is InChI=1S/C18H28O4/c1-2-3-10-21-14-15-6-4-5-7-17(15)18(13-19)22-16-8-11-20-12-9-16/h4-7,16,18-19H,2-3,8-14H2,1H3/t18-/m0/s1. The first-order valence-electron chi connectivity index (χ1n) is 8.34. The Morgan fingerprint density at radius 1 is 1.27 bits per heavy atom. The van der Waals surface area contributed by atoms with Crippen LogP contribution in [-0.4, -0.2) is 37.6 Å². The van der Waals surface area contributed by atoms with Crippen LogP contribution in [0.1, 0.15) is 49.8 Å². The van der Waals surface area contributed by atoms with Crippen LogP contribution in [-0.2, 0) is 20.8 Å². The molecule has 2 rings (SSSR count). The summed E-state index contributed by atoms with van der Waals surface area (Å²) >= 11 is 0. The monoisotopic (exact) mass is 308 g/mol. The summed E-state index contributed by atoms with van der Waals surface area (Å²) in [5.74, 6) is 0. The maximum atomic E-state index is 9.75. The minimum absolute atomic E-state index is 0.0106. The van der Waals surface area contributed by atoms with E-state index >= 15 is 0 Å². The Hall–Kier alpha value is -0.940. The SMILES string of the molecule is CCCCOCc1ccccc1[C@H](CO)OC1CCOCC1. The average Bonchev–Trinajstić information content (AvgIpc) is 2.58. The van der Waals surface area contributed by atoms with Gasteiger partial charge in [0.2, 0.25) is 0 Å². The first kappa shape index (κ1) is 17.4. The van der Waals surface area contributed by atoms with Gasteiger partial charge >= 0.3 is 0 Å². The number of unbranched alkanes of at least 4 members (excludes halogenated alkanes) is 1. The van der Waals surface area contributed by atoms with E-state index in [0.29, 0.717) is 6.61 Å². The molecule has 0 bridgehead atoms. The van der Waals surface area contributed by atoms with Crippen molar-refractivity contribution in [3.8, 4) is 0 Å². The van der Waals surface area contributed by atoms with Crippen molar-refractivity contribution in [2.45, 2.75) is 51.4 Å². The van der Waals surface area contributed by atoms with Crippen molar-refractivity contribution in [2.24, 2.45) is 0 Å². The molecule has 1 fully saturated rings. The molecule has 1 aliphatic rings. The summed E-state index contributed by atoms with van der Waals surface area (Å²) in [5.41, 5.74) is 2.14. The van der Waals surface area contributed by atoms with Gasteiger partial charge in [-0.1, -0.05) is 37.6 Å². The molecule has 0 saturated carbocycles. The lowest BCUT2D eigenvalue weighted by molar-refractivity contribution is -0.0854. The third-order valence-corrected chi connectivity index (χ3v) is 3.99. The van der Waals surface area contributed by atoms with Crippen LogP contribution < -0.4 is 0 Å². The second-order valence-electron chi connectivity index (χ2n) is 5.72. The van der Waals surface area contributed by atoms with Gasteiger partial charge in [-0.15, -0.1) is 0 Å². The normalized spacial score (nSPS) is 17.5. The summed E-state index contributed by atoms with van der Waals surface area (Å²) in [6, 6.07) is 8.07. The summed E-state index contributed by atoms with van der Waals surface area (Å²) in [5, 5.41) is 9.75. The van der Waals surface area contributed by atoms with Crippen molar-refractivity contribution in [1.82, 2.24) is 0 Å². The van der Waals surface area contributed by atoms with Crippen LogP contribution in [0, 0.1) is 0 Å². The molecule has 4 nitrogen and oxygen atoms in total. The van der Waals surface area contributed by atoms with Gasteiger partial charge in [0.05, 0.1) is 19.3 Å². The maximum absolute atomic E-state index is 9.75. The molecule has 0 amide bonds. The Bertz CT molecular complexity index is 415. The summed E-state index contributed by atoms with van der Waals surface area (Å²) in [7, 11) is 0. The summed E-state index contributed by atoms with van der Waals surface area (Å²) < 4.78 is 17.2. The highest BCUT2D eigenvalue weighted by atomic mass is 16.5. The fourth-order valence-corrected chi connectivity index (χ4v) is 2.67. The van der Waals surface area contributed by atoms with Crippen LogP contribution in [0.15, 0.2) is 24.3 Å². The number of aliphatic hydroxyl groups is 1. The molecule has 1 N–H and O–H groups in total. The van der Waals surface area contributed by atoms with Crippen molar-refractivity contribution in [3.63, 3.8) is 0 Å². The number of ether oxygens (including phenoxy) is 3. The molecule has 124 valence electrons. The third-order valence-electron chi connectivity index (χ3n) is 3.99. The van der Waals surface area contributed by atoms with Crippen molar-refractivity contribution >= 4 is 0 Å². The second-order valence-corrected chi connectivity index (χ2v) is 5.72. The molecular formula is C18H28O4. The minimum Gasteiger partial charge on any atom is -0.393 e. The second kappa shape index (κ2) is 9.95. The number of hydrogen-bond acceptors (Lipinski definition) is 4. The van der Waals surface area contributed by atoms with E-state index in [4.69, 9.17) is 14.2 Å². The number of rotatable bonds is 9. The lowest BCUT2D eigenvalue weighted by Crippen LogP contribution is -2.27. The summed E-state index contributed by atoms with van der Waals surface area (Å²) in [4.78, 5) is 0. The predicted molar refractivity (Wildman–Crippen MR) is 85.8 cm³/mol. The smallest absolute Gasteiger partial charge is 0.106 e. The topological polar surface area (TPSA) is 47.9 Å². The lowest BCUT2D eigenvalue weighted by Gasteiger charge is -2.28. The molecule has 22 heavy (non-hydrogen) atoms. The fraction of sp³-hybridized carbons (Fsp3) is 0.667. The van der Waals surface area contributed by atoms with Crippen LogP contribution >= 0.6 is 0 Å². The molecule has 1 saturated heterocycles. The van der Waals surface area contributed by atoms with Gasteiger partial charge in [-0.2, -0.15) is 0 Å². The zero-order chi connectivity index (χ0) is 15.6. The van der Waals surface area contributed by atoms with Crippen molar-refractivity contribution < 1.29 is 19.3 Å².